The van der Waals surface area contributed by atoms with Gasteiger partial charge in [-0.25, -0.2) is 14.6 Å². The first-order valence-electron chi connectivity index (χ1n) is 8.25. The maximum Gasteiger partial charge on any atom is 0.279 e. The highest BCUT2D eigenvalue weighted by Gasteiger charge is 2.18. The monoisotopic (exact) mass is 392 g/mol. The molecule has 0 aliphatic rings. The minimum absolute atomic E-state index is 0.0514. The van der Waals surface area contributed by atoms with E-state index in [4.69, 9.17) is 11.6 Å². The van der Waals surface area contributed by atoms with Crippen LogP contribution in [0.15, 0.2) is 53.7 Å². The summed E-state index contributed by atoms with van der Waals surface area (Å²) >= 11 is 5.99. The van der Waals surface area contributed by atoms with E-state index in [0.717, 1.165) is 5.56 Å². The fourth-order valence-electron chi connectivity index (χ4n) is 2.66. The van der Waals surface area contributed by atoms with E-state index in [1.165, 1.54) is 10.9 Å². The van der Waals surface area contributed by atoms with Crippen molar-refractivity contribution in [2.75, 3.05) is 0 Å². The van der Waals surface area contributed by atoms with E-state index in [-0.39, 0.29) is 16.9 Å². The van der Waals surface area contributed by atoms with E-state index in [0.29, 0.717) is 16.1 Å². The summed E-state index contributed by atoms with van der Waals surface area (Å²) in [6.45, 7) is 0. The number of rotatable bonds is 3. The number of amides is 1. The van der Waals surface area contributed by atoms with Gasteiger partial charge < -0.3 is 5.32 Å². The predicted molar refractivity (Wildman–Crippen MR) is 106 cm³/mol. The van der Waals surface area contributed by atoms with Crippen molar-refractivity contribution in [3.8, 4) is 0 Å². The van der Waals surface area contributed by atoms with Crippen LogP contribution in [0.25, 0.3) is 28.3 Å². The molecule has 0 unspecified atom stereocenters. The lowest BCUT2D eigenvalue weighted by Gasteiger charge is -2.07. The molecule has 0 atom stereocenters. The Morgan fingerprint density at radius 3 is 2.71 bits per heavy atom. The Morgan fingerprint density at radius 1 is 1.14 bits per heavy atom. The molecule has 0 fully saturated rings. The van der Waals surface area contributed by atoms with Crippen molar-refractivity contribution in [2.24, 2.45) is 7.05 Å². The molecule has 3 heterocycles. The van der Waals surface area contributed by atoms with Gasteiger partial charge in [0.2, 0.25) is 5.43 Å². The molecule has 0 saturated heterocycles. The van der Waals surface area contributed by atoms with Crippen molar-refractivity contribution in [3.05, 3.63) is 75.4 Å². The van der Waals surface area contributed by atoms with Crippen molar-refractivity contribution in [2.45, 2.75) is 0 Å². The third kappa shape index (κ3) is 3.33. The van der Waals surface area contributed by atoms with Crippen LogP contribution in [0.2, 0.25) is 5.02 Å². The zero-order valence-corrected chi connectivity index (χ0v) is 15.4. The molecule has 9 heteroatoms. The third-order valence-corrected chi connectivity index (χ3v) is 4.24. The Kier molecular flexibility index (Phi) is 4.54. The minimum Gasteiger partial charge on any atom is -0.327 e. The molecular weight excluding hydrogens is 380 g/mol. The van der Waals surface area contributed by atoms with Gasteiger partial charge in [-0.1, -0.05) is 11.6 Å². The number of pyridine rings is 1. The highest BCUT2D eigenvalue weighted by atomic mass is 35.5. The summed E-state index contributed by atoms with van der Waals surface area (Å²) in [5.74, 6) is -0.638. The normalized spacial score (nSPS) is 11.4. The van der Waals surface area contributed by atoms with Gasteiger partial charge in [0.25, 0.3) is 5.91 Å². The summed E-state index contributed by atoms with van der Waals surface area (Å²) in [5, 5.41) is 7.09. The average Bonchev–Trinajstić information content (AvgIpc) is 2.70. The molecule has 3 aromatic heterocycles. The molecule has 1 aromatic carbocycles. The molecule has 0 aliphatic carbocycles. The molecule has 28 heavy (non-hydrogen) atoms. The van der Waals surface area contributed by atoms with Crippen molar-refractivity contribution in [3.63, 3.8) is 0 Å². The second kappa shape index (κ2) is 7.16. The maximum atomic E-state index is 12.8. The summed E-state index contributed by atoms with van der Waals surface area (Å²) < 4.78 is 1.36. The van der Waals surface area contributed by atoms with Gasteiger partial charge >= 0.3 is 0 Å². The number of hydrogen-bond acceptors (Lipinski definition) is 6. The molecule has 1 amide bonds. The second-order valence-electron chi connectivity index (χ2n) is 5.92. The smallest absolute Gasteiger partial charge is 0.279 e. The van der Waals surface area contributed by atoms with Gasteiger partial charge in [-0.3, -0.25) is 14.6 Å². The summed E-state index contributed by atoms with van der Waals surface area (Å²) in [4.78, 5) is 37.9. The van der Waals surface area contributed by atoms with E-state index in [1.54, 1.807) is 55.8 Å². The predicted octanol–water partition coefficient (Wildman–Crippen LogP) is 2.33. The van der Waals surface area contributed by atoms with Crippen LogP contribution in [-0.4, -0.2) is 30.6 Å². The van der Waals surface area contributed by atoms with Gasteiger partial charge in [0.05, 0.1) is 11.0 Å². The molecular formula is C19H13ClN6O2. The zero-order chi connectivity index (χ0) is 19.7. The number of benzene rings is 1. The summed E-state index contributed by atoms with van der Waals surface area (Å²) in [5.41, 5.74) is 1.35. The van der Waals surface area contributed by atoms with E-state index in [2.05, 4.69) is 25.4 Å². The van der Waals surface area contributed by atoms with Crippen LogP contribution in [0.5, 0.6) is 0 Å². The summed E-state index contributed by atoms with van der Waals surface area (Å²) in [7, 11) is 1.60. The Balaban J connectivity index is 1.73. The van der Waals surface area contributed by atoms with E-state index in [9.17, 15) is 9.59 Å². The van der Waals surface area contributed by atoms with E-state index < -0.39 is 11.3 Å². The van der Waals surface area contributed by atoms with Gasteiger partial charge in [-0.05, 0) is 42.0 Å². The lowest BCUT2D eigenvalue weighted by atomic mass is 10.2. The lowest BCUT2D eigenvalue weighted by molar-refractivity contribution is 0.0962. The van der Waals surface area contributed by atoms with Crippen LogP contribution >= 0.6 is 11.6 Å². The lowest BCUT2D eigenvalue weighted by Crippen LogP contribution is -2.29. The fourth-order valence-corrected chi connectivity index (χ4v) is 2.82. The first-order valence-corrected chi connectivity index (χ1v) is 8.62. The minimum atomic E-state index is -0.638. The first-order chi connectivity index (χ1) is 13.5. The number of aromatic nitrogens is 5. The van der Waals surface area contributed by atoms with Crippen molar-refractivity contribution < 1.29 is 4.79 Å². The van der Waals surface area contributed by atoms with Crippen LogP contribution in [0.3, 0.4) is 0 Å². The molecule has 0 radical (unpaired) electrons. The molecule has 1 N–H and O–H groups in total. The number of hydrogen-bond donors (Lipinski definition) is 1. The molecule has 138 valence electrons. The van der Waals surface area contributed by atoms with Crippen molar-refractivity contribution in [1.29, 1.82) is 0 Å². The number of aryl methyl sites for hydroxylation is 1. The Labute approximate surface area is 163 Å². The van der Waals surface area contributed by atoms with Crippen LogP contribution in [0.4, 0.5) is 0 Å². The second-order valence-corrected chi connectivity index (χ2v) is 6.35. The Hall–Kier alpha value is -3.65. The average molecular weight is 393 g/mol. The van der Waals surface area contributed by atoms with Crippen LogP contribution in [-0.2, 0) is 7.05 Å². The fraction of sp³-hybridized carbons (Fsp3) is 0.0526. The van der Waals surface area contributed by atoms with Crippen molar-refractivity contribution in [1.82, 2.24) is 30.0 Å². The van der Waals surface area contributed by atoms with Gasteiger partial charge in [-0.15, -0.1) is 0 Å². The first kappa shape index (κ1) is 17.7. The number of carbonyl (C=O) groups excluding carboxylic acids is 1. The number of carbonyl (C=O) groups is 1. The Bertz CT molecular complexity index is 1300. The SMILES string of the molecule is Cn1nc(C(=O)N/C=C/c2ccncc2)c(=O)c2nc3cc(Cl)ccc3nc21. The van der Waals surface area contributed by atoms with Gasteiger partial charge in [0.15, 0.2) is 16.9 Å². The van der Waals surface area contributed by atoms with Gasteiger partial charge in [-0.2, -0.15) is 5.10 Å². The quantitative estimate of drug-likeness (QED) is 0.537. The van der Waals surface area contributed by atoms with Gasteiger partial charge in [0.1, 0.15) is 0 Å². The number of nitrogens with one attached hydrogen (secondary N) is 1. The van der Waals surface area contributed by atoms with Gasteiger partial charge in [0, 0.05) is 30.7 Å². The summed E-state index contributed by atoms with van der Waals surface area (Å²) in [6.07, 6.45) is 6.39. The summed E-state index contributed by atoms with van der Waals surface area (Å²) in [6, 6.07) is 8.57. The Morgan fingerprint density at radius 2 is 1.93 bits per heavy atom. The highest BCUT2D eigenvalue weighted by Crippen LogP contribution is 2.18. The van der Waals surface area contributed by atoms with Crippen LogP contribution in [0.1, 0.15) is 16.1 Å². The number of nitrogens with zero attached hydrogens (tertiary/aromatic N) is 5. The topological polar surface area (TPSA) is 103 Å². The van der Waals surface area contributed by atoms with E-state index in [1.807, 2.05) is 0 Å². The number of fused-ring (bicyclic) bond motifs is 2. The molecule has 4 aromatic rings. The third-order valence-electron chi connectivity index (χ3n) is 4.01. The van der Waals surface area contributed by atoms with Crippen molar-refractivity contribution >= 4 is 45.8 Å². The molecule has 0 aliphatic heterocycles. The molecule has 0 spiro atoms. The highest BCUT2D eigenvalue weighted by molar-refractivity contribution is 6.31. The van der Waals surface area contributed by atoms with E-state index >= 15 is 0 Å². The standard InChI is InChI=1S/C19H13ClN6O2/c1-26-18-15(23-14-10-12(20)2-3-13(14)24-18)17(27)16(25-26)19(28)22-9-6-11-4-7-21-8-5-11/h2-10H,1H3,(H,22,28)/b9-6+. The zero-order valence-electron chi connectivity index (χ0n) is 14.6. The molecule has 4 rings (SSSR count). The number of halogens is 1. The molecule has 0 saturated carbocycles. The largest absolute Gasteiger partial charge is 0.327 e. The molecule has 8 nitrogen and oxygen atoms in total. The maximum absolute atomic E-state index is 12.8. The van der Waals surface area contributed by atoms with Crippen LogP contribution in [0, 0.1) is 0 Å². The molecule has 0 bridgehead atoms. The van der Waals surface area contributed by atoms with Crippen LogP contribution < -0.4 is 10.7 Å².